The molecule has 1 aliphatic rings. The molecule has 6 nitrogen and oxygen atoms in total. The van der Waals surface area contributed by atoms with Crippen molar-refractivity contribution in [3.05, 3.63) is 22.6 Å². The van der Waals surface area contributed by atoms with Gasteiger partial charge in [0.1, 0.15) is 5.76 Å². The maximum absolute atomic E-state index is 11.7. The van der Waals surface area contributed by atoms with Crippen molar-refractivity contribution in [3.63, 3.8) is 0 Å². The van der Waals surface area contributed by atoms with Crippen LogP contribution < -0.4 is 10.6 Å². The summed E-state index contributed by atoms with van der Waals surface area (Å²) in [5.41, 5.74) is 0. The average molecular weight is 385 g/mol. The Labute approximate surface area is 145 Å². The van der Waals surface area contributed by atoms with Crippen LogP contribution in [-0.4, -0.2) is 49.0 Å². The molecule has 1 aromatic heterocycles. The summed E-state index contributed by atoms with van der Waals surface area (Å²) in [6.07, 6.45) is 2.29. The van der Waals surface area contributed by atoms with Crippen LogP contribution in [0, 0.1) is 0 Å². The van der Waals surface area contributed by atoms with Crippen LogP contribution in [0.1, 0.15) is 32.4 Å². The summed E-state index contributed by atoms with van der Waals surface area (Å²) in [7, 11) is 0. The molecule has 0 aliphatic carbocycles. The molecule has 0 aromatic carbocycles. The highest BCUT2D eigenvalue weighted by Gasteiger charge is 2.25. The van der Waals surface area contributed by atoms with Gasteiger partial charge in [-0.1, -0.05) is 6.92 Å². The van der Waals surface area contributed by atoms with Crippen molar-refractivity contribution in [3.8, 4) is 0 Å². The normalized spacial score (nSPS) is 18.3. The molecule has 1 aliphatic heterocycles. The number of hydrogen-bond donors (Lipinski definition) is 2. The number of nitrogens with one attached hydrogen (secondary N) is 2. The fourth-order valence-electron chi connectivity index (χ4n) is 2.61. The SMILES string of the molecule is CCNC(=NCCc1ccc(Br)o1)NC1CCN(C(=O)CC)C1. The first-order chi connectivity index (χ1) is 11.1. The number of carbonyl (C=O) groups is 1. The van der Waals surface area contributed by atoms with Crippen molar-refractivity contribution in [1.29, 1.82) is 0 Å². The summed E-state index contributed by atoms with van der Waals surface area (Å²) in [6.45, 7) is 6.98. The highest BCUT2D eigenvalue weighted by molar-refractivity contribution is 9.10. The Morgan fingerprint density at radius 1 is 1.48 bits per heavy atom. The van der Waals surface area contributed by atoms with Crippen molar-refractivity contribution >= 4 is 27.8 Å². The largest absolute Gasteiger partial charge is 0.454 e. The molecule has 1 fully saturated rings. The third-order valence-corrected chi connectivity index (χ3v) is 4.21. The van der Waals surface area contributed by atoms with Crippen LogP contribution in [0.15, 0.2) is 26.2 Å². The maximum atomic E-state index is 11.7. The number of hydrogen-bond acceptors (Lipinski definition) is 3. The van der Waals surface area contributed by atoms with E-state index in [1.165, 1.54) is 0 Å². The monoisotopic (exact) mass is 384 g/mol. The van der Waals surface area contributed by atoms with Gasteiger partial charge in [0.25, 0.3) is 0 Å². The lowest BCUT2D eigenvalue weighted by atomic mass is 10.3. The van der Waals surface area contributed by atoms with E-state index in [9.17, 15) is 4.79 Å². The van der Waals surface area contributed by atoms with Crippen LogP contribution in [0.25, 0.3) is 0 Å². The number of likely N-dealkylation sites (tertiary alicyclic amines) is 1. The van der Waals surface area contributed by atoms with Gasteiger partial charge in [-0.3, -0.25) is 9.79 Å². The van der Waals surface area contributed by atoms with Gasteiger partial charge in [0.05, 0.1) is 0 Å². The lowest BCUT2D eigenvalue weighted by molar-refractivity contribution is -0.129. The Kier molecular flexibility index (Phi) is 6.95. The van der Waals surface area contributed by atoms with Crippen molar-refractivity contribution in [2.24, 2.45) is 4.99 Å². The molecule has 0 saturated carbocycles. The highest BCUT2D eigenvalue weighted by Crippen LogP contribution is 2.14. The Morgan fingerprint density at radius 2 is 2.30 bits per heavy atom. The fraction of sp³-hybridized carbons (Fsp3) is 0.625. The third kappa shape index (κ3) is 5.57. The lowest BCUT2D eigenvalue weighted by Gasteiger charge is -2.18. The summed E-state index contributed by atoms with van der Waals surface area (Å²) in [4.78, 5) is 18.2. The van der Waals surface area contributed by atoms with E-state index in [0.29, 0.717) is 13.0 Å². The Morgan fingerprint density at radius 3 is 2.96 bits per heavy atom. The molecule has 7 heteroatoms. The summed E-state index contributed by atoms with van der Waals surface area (Å²) < 4.78 is 6.22. The molecule has 1 atom stereocenters. The predicted molar refractivity (Wildman–Crippen MR) is 94.5 cm³/mol. The number of aliphatic imine (C=N–C) groups is 1. The van der Waals surface area contributed by atoms with Gasteiger partial charge in [-0.15, -0.1) is 0 Å². The van der Waals surface area contributed by atoms with Gasteiger partial charge in [-0.2, -0.15) is 0 Å². The number of halogens is 1. The van der Waals surface area contributed by atoms with Crippen LogP contribution >= 0.6 is 15.9 Å². The number of carbonyl (C=O) groups excluding carboxylic acids is 1. The Balaban J connectivity index is 1.83. The van der Waals surface area contributed by atoms with Gasteiger partial charge >= 0.3 is 0 Å². The molecule has 2 heterocycles. The molecule has 0 spiro atoms. The first-order valence-corrected chi connectivity index (χ1v) is 8.98. The average Bonchev–Trinajstić information content (AvgIpc) is 3.16. The second kappa shape index (κ2) is 8.96. The van der Waals surface area contributed by atoms with E-state index >= 15 is 0 Å². The minimum atomic E-state index is 0.222. The van der Waals surface area contributed by atoms with Gasteiger partial charge in [0.15, 0.2) is 10.6 Å². The highest BCUT2D eigenvalue weighted by atomic mass is 79.9. The number of rotatable bonds is 6. The van der Waals surface area contributed by atoms with E-state index in [-0.39, 0.29) is 11.9 Å². The second-order valence-electron chi connectivity index (χ2n) is 5.54. The van der Waals surface area contributed by atoms with Gasteiger partial charge in [-0.05, 0) is 41.4 Å². The predicted octanol–water partition coefficient (Wildman–Crippen LogP) is 2.15. The lowest BCUT2D eigenvalue weighted by Crippen LogP contribution is -2.45. The minimum absolute atomic E-state index is 0.222. The summed E-state index contributed by atoms with van der Waals surface area (Å²) >= 11 is 3.30. The summed E-state index contributed by atoms with van der Waals surface area (Å²) in [6, 6.07) is 4.10. The first-order valence-electron chi connectivity index (χ1n) is 8.19. The molecule has 2 rings (SSSR count). The molecule has 2 N–H and O–H groups in total. The van der Waals surface area contributed by atoms with Crippen LogP contribution in [-0.2, 0) is 11.2 Å². The smallest absolute Gasteiger partial charge is 0.222 e. The molecular weight excluding hydrogens is 360 g/mol. The Hall–Kier alpha value is -1.50. The molecule has 1 aromatic rings. The number of guanidine groups is 1. The molecule has 1 unspecified atom stereocenters. The van der Waals surface area contributed by atoms with Crippen molar-refractivity contribution in [2.75, 3.05) is 26.2 Å². The topological polar surface area (TPSA) is 69.9 Å². The second-order valence-corrected chi connectivity index (χ2v) is 6.32. The van der Waals surface area contributed by atoms with Crippen molar-refractivity contribution in [2.45, 2.75) is 39.2 Å². The Bertz CT molecular complexity index is 544. The zero-order chi connectivity index (χ0) is 16.7. The zero-order valence-electron chi connectivity index (χ0n) is 13.8. The summed E-state index contributed by atoms with van der Waals surface area (Å²) in [5, 5.41) is 6.68. The van der Waals surface area contributed by atoms with E-state index in [1.54, 1.807) is 0 Å². The van der Waals surface area contributed by atoms with Crippen LogP contribution in [0.4, 0.5) is 0 Å². The van der Waals surface area contributed by atoms with Gasteiger partial charge in [-0.25, -0.2) is 0 Å². The maximum Gasteiger partial charge on any atom is 0.222 e. The van der Waals surface area contributed by atoms with Crippen LogP contribution in [0.3, 0.4) is 0 Å². The van der Waals surface area contributed by atoms with Gasteiger partial charge < -0.3 is 20.0 Å². The number of nitrogens with zero attached hydrogens (tertiary/aromatic N) is 2. The van der Waals surface area contributed by atoms with Crippen molar-refractivity contribution < 1.29 is 9.21 Å². The van der Waals surface area contributed by atoms with Gasteiger partial charge in [0, 0.05) is 45.1 Å². The van der Waals surface area contributed by atoms with E-state index in [1.807, 2.05) is 30.9 Å². The molecule has 1 amide bonds. The third-order valence-electron chi connectivity index (χ3n) is 3.79. The first kappa shape index (κ1) is 17.8. The molecule has 0 bridgehead atoms. The van der Waals surface area contributed by atoms with E-state index in [4.69, 9.17) is 4.42 Å². The van der Waals surface area contributed by atoms with Crippen LogP contribution in [0.5, 0.6) is 0 Å². The van der Waals surface area contributed by atoms with Crippen molar-refractivity contribution in [1.82, 2.24) is 15.5 Å². The van der Waals surface area contributed by atoms with E-state index in [0.717, 1.165) is 48.9 Å². The minimum Gasteiger partial charge on any atom is -0.454 e. The van der Waals surface area contributed by atoms with Gasteiger partial charge in [0.2, 0.25) is 5.91 Å². The zero-order valence-corrected chi connectivity index (χ0v) is 15.4. The van der Waals surface area contributed by atoms with E-state index < -0.39 is 0 Å². The molecular formula is C16H25BrN4O2. The standard InChI is InChI=1S/C16H25BrN4O2/c1-3-15(22)21-10-8-12(11-21)20-16(18-4-2)19-9-7-13-5-6-14(17)23-13/h5-6,12H,3-4,7-11H2,1-2H3,(H2,18,19,20). The fourth-order valence-corrected chi connectivity index (χ4v) is 2.95. The van der Waals surface area contributed by atoms with E-state index in [2.05, 4.69) is 31.6 Å². The number of amides is 1. The quantitative estimate of drug-likeness (QED) is 0.582. The van der Waals surface area contributed by atoms with Crippen LogP contribution in [0.2, 0.25) is 0 Å². The number of furan rings is 1. The molecule has 128 valence electrons. The molecule has 23 heavy (non-hydrogen) atoms. The molecule has 0 radical (unpaired) electrons. The summed E-state index contributed by atoms with van der Waals surface area (Å²) in [5.74, 6) is 1.94. The molecule has 1 saturated heterocycles.